The molecule has 2 saturated heterocycles. The predicted molar refractivity (Wildman–Crippen MR) is 72.7 cm³/mol. The Labute approximate surface area is 115 Å². The molecule has 2 heterocycles. The Morgan fingerprint density at radius 1 is 1.21 bits per heavy atom. The lowest BCUT2D eigenvalue weighted by molar-refractivity contribution is -0.129. The largest absolute Gasteiger partial charge is 0.396 e. The number of aliphatic hydroxyl groups is 2. The molecule has 5 nitrogen and oxygen atoms in total. The summed E-state index contributed by atoms with van der Waals surface area (Å²) < 4.78 is 0. The molecule has 0 radical (unpaired) electrons. The van der Waals surface area contributed by atoms with Crippen LogP contribution in [0, 0.1) is 0 Å². The van der Waals surface area contributed by atoms with E-state index in [2.05, 4.69) is 4.90 Å². The van der Waals surface area contributed by atoms with Crippen molar-refractivity contribution >= 4 is 5.91 Å². The Morgan fingerprint density at radius 2 is 2.05 bits per heavy atom. The van der Waals surface area contributed by atoms with Gasteiger partial charge in [-0.2, -0.15) is 0 Å². The van der Waals surface area contributed by atoms with E-state index in [1.807, 2.05) is 0 Å². The molecule has 2 unspecified atom stereocenters. The van der Waals surface area contributed by atoms with Gasteiger partial charge >= 0.3 is 0 Å². The highest BCUT2D eigenvalue weighted by Crippen LogP contribution is 2.20. The fourth-order valence-corrected chi connectivity index (χ4v) is 3.26. The molecular weight excluding hydrogens is 244 g/mol. The van der Waals surface area contributed by atoms with E-state index in [4.69, 9.17) is 5.11 Å². The van der Waals surface area contributed by atoms with Gasteiger partial charge in [0.05, 0.1) is 6.10 Å². The second-order valence-electron chi connectivity index (χ2n) is 5.75. The zero-order valence-corrected chi connectivity index (χ0v) is 11.6. The normalized spacial score (nSPS) is 26.9. The Bertz CT molecular complexity index is 296. The molecule has 2 aliphatic heterocycles. The van der Waals surface area contributed by atoms with E-state index >= 15 is 0 Å². The van der Waals surface area contributed by atoms with E-state index in [0.717, 1.165) is 38.8 Å². The number of hydrogen-bond donors (Lipinski definition) is 2. The van der Waals surface area contributed by atoms with Gasteiger partial charge in [0.1, 0.15) is 0 Å². The average molecular weight is 270 g/mol. The minimum absolute atomic E-state index is 0.171. The van der Waals surface area contributed by atoms with Crippen molar-refractivity contribution in [3.63, 3.8) is 0 Å². The third-order valence-electron chi connectivity index (χ3n) is 4.26. The van der Waals surface area contributed by atoms with Crippen molar-refractivity contribution in [3.05, 3.63) is 0 Å². The summed E-state index contributed by atoms with van der Waals surface area (Å²) in [5.41, 5.74) is 0. The first-order valence-electron chi connectivity index (χ1n) is 7.51. The molecule has 0 aromatic heterocycles. The number of nitrogens with zero attached hydrogens (tertiary/aromatic N) is 2. The summed E-state index contributed by atoms with van der Waals surface area (Å²) in [5.74, 6) is 0.171. The number of hydrogen-bond acceptors (Lipinski definition) is 4. The molecule has 0 saturated carbocycles. The molecule has 0 aromatic rings. The lowest BCUT2D eigenvalue weighted by Crippen LogP contribution is -2.47. The van der Waals surface area contributed by atoms with E-state index in [-0.39, 0.29) is 12.5 Å². The van der Waals surface area contributed by atoms with Crippen molar-refractivity contribution in [2.75, 3.05) is 32.8 Å². The van der Waals surface area contributed by atoms with Crippen LogP contribution in [0.3, 0.4) is 0 Å². The predicted octanol–water partition coefficient (Wildman–Crippen LogP) is 0.207. The van der Waals surface area contributed by atoms with Crippen LogP contribution in [0.4, 0.5) is 0 Å². The van der Waals surface area contributed by atoms with Crippen LogP contribution in [0.2, 0.25) is 0 Å². The van der Waals surface area contributed by atoms with Gasteiger partial charge < -0.3 is 15.1 Å². The number of carbonyl (C=O) groups excluding carboxylic acids is 1. The lowest BCUT2D eigenvalue weighted by Gasteiger charge is -2.37. The summed E-state index contributed by atoms with van der Waals surface area (Å²) in [4.78, 5) is 15.6. The average Bonchev–Trinajstić information content (AvgIpc) is 2.78. The summed E-state index contributed by atoms with van der Waals surface area (Å²) in [5, 5.41) is 19.3. The van der Waals surface area contributed by atoms with Crippen molar-refractivity contribution < 1.29 is 15.0 Å². The highest BCUT2D eigenvalue weighted by molar-refractivity contribution is 5.78. The second-order valence-corrected chi connectivity index (χ2v) is 5.75. The summed E-state index contributed by atoms with van der Waals surface area (Å²) in [7, 11) is 0. The van der Waals surface area contributed by atoms with E-state index in [9.17, 15) is 9.90 Å². The maximum absolute atomic E-state index is 11.5. The highest BCUT2D eigenvalue weighted by atomic mass is 16.3. The zero-order valence-electron chi connectivity index (χ0n) is 11.6. The van der Waals surface area contributed by atoms with Crippen LogP contribution in [0.15, 0.2) is 0 Å². The first-order chi connectivity index (χ1) is 9.20. The molecule has 0 aromatic carbocycles. The number of aliphatic hydroxyl groups excluding tert-OH is 2. The van der Waals surface area contributed by atoms with E-state index < -0.39 is 6.10 Å². The highest BCUT2D eigenvalue weighted by Gasteiger charge is 2.27. The molecule has 0 spiro atoms. The third kappa shape index (κ3) is 4.16. The van der Waals surface area contributed by atoms with Crippen molar-refractivity contribution in [3.8, 4) is 0 Å². The van der Waals surface area contributed by atoms with E-state index in [1.165, 1.54) is 6.42 Å². The van der Waals surface area contributed by atoms with Gasteiger partial charge in [0.2, 0.25) is 5.91 Å². The van der Waals surface area contributed by atoms with Crippen LogP contribution in [-0.2, 0) is 4.79 Å². The second kappa shape index (κ2) is 7.22. The number of likely N-dealkylation sites (tertiary alicyclic amines) is 2. The van der Waals surface area contributed by atoms with Gasteiger partial charge in [0, 0.05) is 38.7 Å². The van der Waals surface area contributed by atoms with Crippen LogP contribution in [-0.4, -0.2) is 70.9 Å². The van der Waals surface area contributed by atoms with Crippen LogP contribution >= 0.6 is 0 Å². The Hall–Kier alpha value is -0.650. The number of β-amino-alcohol motifs (C(OH)–C–C–N with tert-alkyl or cyclic N) is 1. The van der Waals surface area contributed by atoms with Gasteiger partial charge in [0.15, 0.2) is 0 Å². The minimum atomic E-state index is -0.471. The molecule has 2 N–H and O–H groups in total. The van der Waals surface area contributed by atoms with Gasteiger partial charge in [-0.3, -0.25) is 9.69 Å². The van der Waals surface area contributed by atoms with Gasteiger partial charge in [0.25, 0.3) is 0 Å². The summed E-state index contributed by atoms with van der Waals surface area (Å²) in [6.45, 7) is 3.07. The molecule has 110 valence electrons. The van der Waals surface area contributed by atoms with Crippen molar-refractivity contribution in [2.45, 2.75) is 50.7 Å². The standard InChI is InChI=1S/C14H26N2O3/c17-9-6-12-4-1-2-7-15(12)10-13(18)11-16-8-3-5-14(16)19/h12-13,17-18H,1-11H2. The monoisotopic (exact) mass is 270 g/mol. The van der Waals surface area contributed by atoms with Crippen LogP contribution in [0.1, 0.15) is 38.5 Å². The number of rotatable bonds is 6. The van der Waals surface area contributed by atoms with E-state index in [1.54, 1.807) is 4.90 Å². The van der Waals surface area contributed by atoms with Crippen LogP contribution in [0.5, 0.6) is 0 Å². The first-order valence-corrected chi connectivity index (χ1v) is 7.51. The molecule has 1 amide bonds. The van der Waals surface area contributed by atoms with Gasteiger partial charge in [-0.05, 0) is 32.2 Å². The Kier molecular flexibility index (Phi) is 5.60. The third-order valence-corrected chi connectivity index (χ3v) is 4.26. The summed E-state index contributed by atoms with van der Waals surface area (Å²) in [6, 6.07) is 0.391. The van der Waals surface area contributed by atoms with E-state index in [0.29, 0.717) is 25.6 Å². The molecule has 2 atom stereocenters. The quantitative estimate of drug-likeness (QED) is 0.724. The fraction of sp³-hybridized carbons (Fsp3) is 0.929. The molecule has 2 aliphatic rings. The Morgan fingerprint density at radius 3 is 2.74 bits per heavy atom. The topological polar surface area (TPSA) is 64.0 Å². The SMILES string of the molecule is O=C1CCCN1CC(O)CN1CCCCC1CCO. The van der Waals surface area contributed by atoms with Crippen LogP contribution in [0.25, 0.3) is 0 Å². The number of amides is 1. The van der Waals surface area contributed by atoms with Crippen LogP contribution < -0.4 is 0 Å². The molecule has 5 heteroatoms. The summed E-state index contributed by atoms with van der Waals surface area (Å²) >= 11 is 0. The van der Waals surface area contributed by atoms with Crippen molar-refractivity contribution in [1.82, 2.24) is 9.80 Å². The molecular formula is C14H26N2O3. The van der Waals surface area contributed by atoms with Gasteiger partial charge in [-0.25, -0.2) is 0 Å². The summed E-state index contributed by atoms with van der Waals surface area (Å²) in [6.07, 6.45) is 5.34. The fourth-order valence-electron chi connectivity index (χ4n) is 3.26. The molecule has 0 aliphatic carbocycles. The first kappa shape index (κ1) is 14.8. The maximum Gasteiger partial charge on any atom is 0.222 e. The van der Waals surface area contributed by atoms with Crippen molar-refractivity contribution in [1.29, 1.82) is 0 Å². The smallest absolute Gasteiger partial charge is 0.222 e. The molecule has 2 rings (SSSR count). The Balaban J connectivity index is 1.79. The zero-order chi connectivity index (χ0) is 13.7. The van der Waals surface area contributed by atoms with Gasteiger partial charge in [-0.15, -0.1) is 0 Å². The number of carbonyl (C=O) groups is 1. The number of piperidine rings is 1. The van der Waals surface area contributed by atoms with Gasteiger partial charge in [-0.1, -0.05) is 6.42 Å². The maximum atomic E-state index is 11.5. The molecule has 19 heavy (non-hydrogen) atoms. The molecule has 0 bridgehead atoms. The molecule has 2 fully saturated rings. The minimum Gasteiger partial charge on any atom is -0.396 e. The lowest BCUT2D eigenvalue weighted by atomic mass is 9.99. The van der Waals surface area contributed by atoms with Crippen molar-refractivity contribution in [2.24, 2.45) is 0 Å².